The normalized spacial score (nSPS) is 21.2. The van der Waals surface area contributed by atoms with Gasteiger partial charge in [-0.3, -0.25) is 9.59 Å². The summed E-state index contributed by atoms with van der Waals surface area (Å²) in [4.78, 5) is 25.5. The van der Waals surface area contributed by atoms with E-state index in [0.717, 1.165) is 32.2 Å². The van der Waals surface area contributed by atoms with Gasteiger partial charge in [0.25, 0.3) is 11.8 Å². The van der Waals surface area contributed by atoms with Crippen LogP contribution in [0.1, 0.15) is 45.5 Å². The van der Waals surface area contributed by atoms with Crippen LogP contribution in [0.2, 0.25) is 0 Å². The van der Waals surface area contributed by atoms with Crippen molar-refractivity contribution in [2.75, 3.05) is 6.54 Å². The molecule has 4 heteroatoms. The van der Waals surface area contributed by atoms with Gasteiger partial charge in [0, 0.05) is 12.6 Å². The van der Waals surface area contributed by atoms with Crippen molar-refractivity contribution in [3.8, 4) is 0 Å². The Labute approximate surface area is 141 Å². The zero-order valence-electron chi connectivity index (χ0n) is 13.5. The van der Waals surface area contributed by atoms with Crippen molar-refractivity contribution in [1.29, 1.82) is 0 Å². The van der Waals surface area contributed by atoms with E-state index >= 15 is 0 Å². The van der Waals surface area contributed by atoms with Crippen molar-refractivity contribution in [2.45, 2.75) is 31.7 Å². The van der Waals surface area contributed by atoms with Crippen LogP contribution in [0.4, 0.5) is 0 Å². The third-order valence-corrected chi connectivity index (χ3v) is 4.94. The van der Waals surface area contributed by atoms with E-state index in [1.165, 1.54) is 10.6 Å². The molecule has 1 fully saturated rings. The average molecular weight is 320 g/mol. The number of hydrogen-bond donors (Lipinski definition) is 0. The van der Waals surface area contributed by atoms with Gasteiger partial charge in [0.2, 0.25) is 0 Å². The molecule has 0 radical (unpaired) electrons. The Balaban J connectivity index is 1.62. The first-order valence-electron chi connectivity index (χ1n) is 8.54. The smallest absolute Gasteiger partial charge is 0.267 e. The van der Waals surface area contributed by atoms with Crippen LogP contribution in [0.25, 0.3) is 0 Å². The molecular weight excluding hydrogens is 300 g/mol. The number of carbonyl (C=O) groups excluding carboxylic acids is 2. The highest BCUT2D eigenvalue weighted by atomic mass is 16.2. The third-order valence-electron chi connectivity index (χ3n) is 4.94. The molecule has 0 saturated carbocycles. The molecule has 24 heavy (non-hydrogen) atoms. The van der Waals surface area contributed by atoms with Crippen LogP contribution in [0.5, 0.6) is 0 Å². The third kappa shape index (κ3) is 2.53. The first-order valence-corrected chi connectivity index (χ1v) is 8.54. The number of nitrogens with zero attached hydrogens (tertiary/aromatic N) is 2. The van der Waals surface area contributed by atoms with E-state index in [0.29, 0.717) is 11.1 Å². The summed E-state index contributed by atoms with van der Waals surface area (Å²) in [7, 11) is 0. The van der Waals surface area contributed by atoms with Crippen molar-refractivity contribution in [2.24, 2.45) is 0 Å². The lowest BCUT2D eigenvalue weighted by molar-refractivity contribution is -0.0345. The van der Waals surface area contributed by atoms with Gasteiger partial charge in [0.1, 0.15) is 0 Å². The van der Waals surface area contributed by atoms with Gasteiger partial charge >= 0.3 is 0 Å². The number of rotatable bonds is 3. The predicted molar refractivity (Wildman–Crippen MR) is 91.4 cm³/mol. The van der Waals surface area contributed by atoms with Crippen LogP contribution in [-0.4, -0.2) is 34.4 Å². The van der Waals surface area contributed by atoms with E-state index < -0.39 is 0 Å². The van der Waals surface area contributed by atoms with E-state index in [1.54, 1.807) is 12.1 Å². The predicted octanol–water partition coefficient (Wildman–Crippen LogP) is 3.29. The summed E-state index contributed by atoms with van der Waals surface area (Å²) in [6.07, 6.45) is 4.01. The lowest BCUT2D eigenvalue weighted by atomic mass is 9.97. The molecule has 0 aliphatic carbocycles. The Morgan fingerprint density at radius 2 is 1.46 bits per heavy atom. The molecule has 0 bridgehead atoms. The van der Waals surface area contributed by atoms with Crippen molar-refractivity contribution in [3.63, 3.8) is 0 Å². The Morgan fingerprint density at radius 3 is 2.12 bits per heavy atom. The minimum Gasteiger partial charge on any atom is -0.267 e. The van der Waals surface area contributed by atoms with E-state index in [4.69, 9.17) is 0 Å². The lowest BCUT2D eigenvalue weighted by Gasteiger charge is -2.40. The molecule has 0 aromatic heterocycles. The van der Waals surface area contributed by atoms with Gasteiger partial charge in [-0.05, 0) is 37.0 Å². The molecule has 2 amide bonds. The molecule has 1 unspecified atom stereocenters. The molecule has 4 nitrogen and oxygen atoms in total. The summed E-state index contributed by atoms with van der Waals surface area (Å²) in [5.41, 5.74) is 2.28. The number of hydrazine groups is 1. The number of benzene rings is 2. The topological polar surface area (TPSA) is 40.6 Å². The van der Waals surface area contributed by atoms with Gasteiger partial charge in [0.05, 0.1) is 11.1 Å². The Kier molecular flexibility index (Phi) is 3.90. The van der Waals surface area contributed by atoms with Gasteiger partial charge in [-0.2, -0.15) is 0 Å². The maximum atomic E-state index is 12.8. The monoisotopic (exact) mass is 320 g/mol. The van der Waals surface area contributed by atoms with Crippen LogP contribution < -0.4 is 0 Å². The van der Waals surface area contributed by atoms with Crippen molar-refractivity contribution in [1.82, 2.24) is 10.0 Å². The number of amides is 2. The molecule has 2 aromatic rings. The molecule has 1 saturated heterocycles. The zero-order valence-corrected chi connectivity index (χ0v) is 13.5. The SMILES string of the molecule is O=C1c2ccccc2C(=O)N1N1CCCCC1Cc1ccccc1. The summed E-state index contributed by atoms with van der Waals surface area (Å²) in [5, 5.41) is 3.39. The maximum Gasteiger partial charge on any atom is 0.276 e. The van der Waals surface area contributed by atoms with Crippen LogP contribution in [0.3, 0.4) is 0 Å². The Bertz CT molecular complexity index is 737. The largest absolute Gasteiger partial charge is 0.276 e. The van der Waals surface area contributed by atoms with Gasteiger partial charge in [-0.1, -0.05) is 48.9 Å². The van der Waals surface area contributed by atoms with Crippen LogP contribution in [-0.2, 0) is 6.42 Å². The molecule has 122 valence electrons. The van der Waals surface area contributed by atoms with Crippen molar-refractivity contribution in [3.05, 3.63) is 71.3 Å². The summed E-state index contributed by atoms with van der Waals surface area (Å²) in [5.74, 6) is -0.369. The van der Waals surface area contributed by atoms with Crippen LogP contribution in [0.15, 0.2) is 54.6 Å². The molecule has 2 aliphatic heterocycles. The number of carbonyl (C=O) groups is 2. The number of piperidine rings is 1. The molecule has 0 spiro atoms. The summed E-state index contributed by atoms with van der Waals surface area (Å²) < 4.78 is 0. The van der Waals surface area contributed by atoms with Gasteiger partial charge < -0.3 is 0 Å². The number of fused-ring (bicyclic) bond motifs is 1. The van der Waals surface area contributed by atoms with Gasteiger partial charge in [-0.25, -0.2) is 10.0 Å². The lowest BCUT2D eigenvalue weighted by Crippen LogP contribution is -2.54. The van der Waals surface area contributed by atoms with Crippen molar-refractivity contribution < 1.29 is 9.59 Å². The van der Waals surface area contributed by atoms with E-state index in [9.17, 15) is 9.59 Å². The molecule has 4 rings (SSSR count). The van der Waals surface area contributed by atoms with Gasteiger partial charge in [-0.15, -0.1) is 0 Å². The van der Waals surface area contributed by atoms with Crippen molar-refractivity contribution >= 4 is 11.8 Å². The maximum absolute atomic E-state index is 12.8. The highest BCUT2D eigenvalue weighted by molar-refractivity contribution is 6.20. The number of imide groups is 1. The minimum absolute atomic E-state index is 0.184. The fourth-order valence-corrected chi connectivity index (χ4v) is 3.75. The highest BCUT2D eigenvalue weighted by Crippen LogP contribution is 2.29. The zero-order chi connectivity index (χ0) is 16.5. The number of hydrogen-bond acceptors (Lipinski definition) is 3. The second-order valence-corrected chi connectivity index (χ2v) is 6.47. The first kappa shape index (κ1) is 15.1. The second-order valence-electron chi connectivity index (χ2n) is 6.47. The minimum atomic E-state index is -0.185. The quantitative estimate of drug-likeness (QED) is 0.815. The fraction of sp³-hybridized carbons (Fsp3) is 0.300. The molecular formula is C20H20N2O2. The molecule has 1 atom stereocenters. The summed E-state index contributed by atoms with van der Waals surface area (Å²) >= 11 is 0. The highest BCUT2D eigenvalue weighted by Gasteiger charge is 2.42. The Morgan fingerprint density at radius 1 is 0.833 bits per heavy atom. The van der Waals surface area contributed by atoms with Crippen LogP contribution >= 0.6 is 0 Å². The van der Waals surface area contributed by atoms with E-state index in [-0.39, 0.29) is 17.9 Å². The summed E-state index contributed by atoms with van der Waals surface area (Å²) in [6.45, 7) is 0.753. The van der Waals surface area contributed by atoms with Crippen LogP contribution in [0, 0.1) is 0 Å². The first-order chi connectivity index (χ1) is 11.8. The Hall–Kier alpha value is -2.46. The van der Waals surface area contributed by atoms with E-state index in [1.807, 2.05) is 35.3 Å². The van der Waals surface area contributed by atoms with E-state index in [2.05, 4.69) is 12.1 Å². The molecule has 2 heterocycles. The second kappa shape index (κ2) is 6.21. The molecule has 2 aromatic carbocycles. The van der Waals surface area contributed by atoms with Gasteiger partial charge in [0.15, 0.2) is 0 Å². The molecule has 2 aliphatic rings. The summed E-state index contributed by atoms with van der Waals surface area (Å²) in [6, 6.07) is 17.6. The average Bonchev–Trinajstić information content (AvgIpc) is 2.88. The molecule has 0 N–H and O–H groups in total. The fourth-order valence-electron chi connectivity index (χ4n) is 3.75. The standard InChI is InChI=1S/C20H20N2O2/c23-19-17-11-4-5-12-18(17)20(24)22(19)21-13-7-6-10-16(21)14-15-8-2-1-3-9-15/h1-5,8-9,11-12,16H,6-7,10,13-14H2.